The van der Waals surface area contributed by atoms with Crippen LogP contribution in [0.5, 0.6) is 0 Å². The molecule has 0 bridgehead atoms. The molecule has 17 heavy (non-hydrogen) atoms. The minimum Gasteiger partial charge on any atom is -0.342 e. The molecule has 2 saturated heterocycles. The van der Waals surface area contributed by atoms with Gasteiger partial charge in [0.1, 0.15) is 0 Å². The Morgan fingerprint density at radius 2 is 2.00 bits per heavy atom. The molecule has 0 aromatic heterocycles. The minimum absolute atomic E-state index is 0.284. The Hall–Kier alpha value is -0.610. The Bertz CT molecular complexity index is 253. The lowest BCUT2D eigenvalue weighted by Crippen LogP contribution is -2.44. The highest BCUT2D eigenvalue weighted by atomic mass is 16.2. The lowest BCUT2D eigenvalue weighted by Gasteiger charge is -2.27. The van der Waals surface area contributed by atoms with Gasteiger partial charge in [0.05, 0.1) is 6.54 Å². The summed E-state index contributed by atoms with van der Waals surface area (Å²) < 4.78 is 0. The van der Waals surface area contributed by atoms with Gasteiger partial charge in [-0.2, -0.15) is 0 Å². The smallest absolute Gasteiger partial charge is 0.236 e. The number of likely N-dealkylation sites (N-methyl/N-ethyl adjacent to an activating group) is 1. The average molecular weight is 239 g/mol. The van der Waals surface area contributed by atoms with E-state index in [0.29, 0.717) is 18.6 Å². The molecule has 0 aromatic carbocycles. The number of rotatable bonds is 3. The largest absolute Gasteiger partial charge is 0.342 e. The van der Waals surface area contributed by atoms with Crippen molar-refractivity contribution in [2.45, 2.75) is 44.7 Å². The second-order valence-corrected chi connectivity index (χ2v) is 5.54. The quantitative estimate of drug-likeness (QED) is 0.787. The van der Waals surface area contributed by atoms with E-state index in [2.05, 4.69) is 24.2 Å². The van der Waals surface area contributed by atoms with E-state index >= 15 is 0 Å². The van der Waals surface area contributed by atoms with E-state index in [1.54, 1.807) is 0 Å². The maximum Gasteiger partial charge on any atom is 0.236 e. The maximum atomic E-state index is 12.0. The Morgan fingerprint density at radius 3 is 2.59 bits per heavy atom. The zero-order valence-corrected chi connectivity index (χ0v) is 11.1. The van der Waals surface area contributed by atoms with Crippen LogP contribution < -0.4 is 5.32 Å². The molecule has 2 heterocycles. The van der Waals surface area contributed by atoms with Crippen molar-refractivity contribution < 1.29 is 4.79 Å². The fourth-order valence-corrected chi connectivity index (χ4v) is 2.83. The molecule has 4 heteroatoms. The van der Waals surface area contributed by atoms with Crippen molar-refractivity contribution in [1.82, 2.24) is 15.1 Å². The fraction of sp³-hybridized carbons (Fsp3) is 0.923. The summed E-state index contributed by atoms with van der Waals surface area (Å²) in [6.07, 6.45) is 4.79. The van der Waals surface area contributed by atoms with Crippen LogP contribution in [-0.2, 0) is 4.79 Å². The van der Waals surface area contributed by atoms with Gasteiger partial charge in [-0.15, -0.1) is 0 Å². The fourth-order valence-electron chi connectivity index (χ4n) is 2.83. The molecule has 1 N–H and O–H groups in total. The predicted octanol–water partition coefficient (Wildman–Crippen LogP) is 0.681. The van der Waals surface area contributed by atoms with E-state index < -0.39 is 0 Å². The van der Waals surface area contributed by atoms with Crippen LogP contribution >= 0.6 is 0 Å². The molecular weight excluding hydrogens is 214 g/mol. The summed E-state index contributed by atoms with van der Waals surface area (Å²) in [5.41, 5.74) is 0. The lowest BCUT2D eigenvalue weighted by atomic mass is 10.1. The van der Waals surface area contributed by atoms with Crippen LogP contribution in [0.25, 0.3) is 0 Å². The van der Waals surface area contributed by atoms with Crippen LogP contribution in [-0.4, -0.2) is 61.0 Å². The third-order valence-corrected chi connectivity index (χ3v) is 4.14. The van der Waals surface area contributed by atoms with E-state index in [-0.39, 0.29) is 5.91 Å². The summed E-state index contributed by atoms with van der Waals surface area (Å²) in [6, 6.07) is 1.13. The zero-order chi connectivity index (χ0) is 12.3. The first-order valence-electron chi connectivity index (χ1n) is 6.88. The number of carbonyl (C=O) groups is 1. The molecule has 2 unspecified atom stereocenters. The molecule has 2 aliphatic heterocycles. The molecule has 2 fully saturated rings. The number of nitrogens with one attached hydrogen (secondary N) is 1. The van der Waals surface area contributed by atoms with Crippen LogP contribution in [0.15, 0.2) is 0 Å². The summed E-state index contributed by atoms with van der Waals surface area (Å²) >= 11 is 0. The van der Waals surface area contributed by atoms with Crippen molar-refractivity contribution in [1.29, 1.82) is 0 Å². The number of hydrogen-bond acceptors (Lipinski definition) is 3. The summed E-state index contributed by atoms with van der Waals surface area (Å²) in [6.45, 7) is 5.75. The average Bonchev–Trinajstić information content (AvgIpc) is 2.67. The first-order chi connectivity index (χ1) is 8.16. The first kappa shape index (κ1) is 12.8. The number of piperidine rings is 1. The maximum absolute atomic E-state index is 12.0. The highest BCUT2D eigenvalue weighted by Gasteiger charge is 2.26. The van der Waals surface area contributed by atoms with Gasteiger partial charge in [-0.1, -0.05) is 0 Å². The Morgan fingerprint density at radius 1 is 1.29 bits per heavy atom. The van der Waals surface area contributed by atoms with E-state index in [9.17, 15) is 4.79 Å². The zero-order valence-electron chi connectivity index (χ0n) is 11.1. The Labute approximate surface area is 104 Å². The van der Waals surface area contributed by atoms with Crippen molar-refractivity contribution in [3.63, 3.8) is 0 Å². The lowest BCUT2D eigenvalue weighted by molar-refractivity contribution is -0.131. The number of likely N-dealkylation sites (tertiary alicyclic amines) is 2. The standard InChI is InChI=1S/C13H25N3O/c1-11-8-12(10-15(11)2)14-9-13(17)16-6-4-3-5-7-16/h11-12,14H,3-10H2,1-2H3. The molecule has 1 amide bonds. The van der Waals surface area contributed by atoms with Crippen molar-refractivity contribution in [3.8, 4) is 0 Å². The molecule has 4 nitrogen and oxygen atoms in total. The van der Waals surface area contributed by atoms with Crippen molar-refractivity contribution in [2.75, 3.05) is 33.2 Å². The van der Waals surface area contributed by atoms with E-state index in [1.165, 1.54) is 19.3 Å². The molecule has 0 radical (unpaired) electrons. The molecule has 0 aliphatic carbocycles. The van der Waals surface area contributed by atoms with Crippen LogP contribution in [0.4, 0.5) is 0 Å². The molecule has 2 rings (SSSR count). The summed E-state index contributed by atoms with van der Waals surface area (Å²) in [5.74, 6) is 0.284. The van der Waals surface area contributed by atoms with Crippen LogP contribution in [0.2, 0.25) is 0 Å². The van der Waals surface area contributed by atoms with Gasteiger partial charge >= 0.3 is 0 Å². The summed E-state index contributed by atoms with van der Waals surface area (Å²) in [7, 11) is 2.15. The predicted molar refractivity (Wildman–Crippen MR) is 68.9 cm³/mol. The minimum atomic E-state index is 0.284. The van der Waals surface area contributed by atoms with Crippen molar-refractivity contribution in [3.05, 3.63) is 0 Å². The molecular formula is C13H25N3O. The van der Waals surface area contributed by atoms with Gasteiger partial charge in [-0.25, -0.2) is 0 Å². The number of nitrogens with zero attached hydrogens (tertiary/aromatic N) is 2. The summed E-state index contributed by atoms with van der Waals surface area (Å²) in [4.78, 5) is 16.3. The number of carbonyl (C=O) groups excluding carboxylic acids is 1. The van der Waals surface area contributed by atoms with Gasteiger partial charge in [0.2, 0.25) is 5.91 Å². The molecule has 2 aliphatic rings. The molecule has 0 spiro atoms. The van der Waals surface area contributed by atoms with Crippen molar-refractivity contribution in [2.24, 2.45) is 0 Å². The van der Waals surface area contributed by atoms with Crippen LogP contribution in [0.1, 0.15) is 32.6 Å². The van der Waals surface area contributed by atoms with Crippen LogP contribution in [0.3, 0.4) is 0 Å². The van der Waals surface area contributed by atoms with Gasteiger partial charge in [-0.3, -0.25) is 4.79 Å². The van der Waals surface area contributed by atoms with Gasteiger partial charge in [0, 0.05) is 31.7 Å². The Kier molecular flexibility index (Phi) is 4.40. The normalized spacial score (nSPS) is 30.8. The Balaban J connectivity index is 1.69. The van der Waals surface area contributed by atoms with Gasteiger partial charge in [0.25, 0.3) is 0 Å². The second-order valence-electron chi connectivity index (χ2n) is 5.54. The van der Waals surface area contributed by atoms with Crippen LogP contribution in [0, 0.1) is 0 Å². The van der Waals surface area contributed by atoms with Gasteiger partial charge in [-0.05, 0) is 39.7 Å². The second kappa shape index (κ2) is 5.83. The van der Waals surface area contributed by atoms with Gasteiger partial charge in [0.15, 0.2) is 0 Å². The monoisotopic (exact) mass is 239 g/mol. The third kappa shape index (κ3) is 3.42. The first-order valence-corrected chi connectivity index (χ1v) is 6.88. The third-order valence-electron chi connectivity index (χ3n) is 4.14. The van der Waals surface area contributed by atoms with Crippen molar-refractivity contribution >= 4 is 5.91 Å². The van der Waals surface area contributed by atoms with E-state index in [0.717, 1.165) is 26.1 Å². The number of amides is 1. The highest BCUT2D eigenvalue weighted by Crippen LogP contribution is 2.14. The molecule has 0 saturated carbocycles. The summed E-state index contributed by atoms with van der Waals surface area (Å²) in [5, 5.41) is 3.41. The molecule has 2 atom stereocenters. The molecule has 98 valence electrons. The van der Waals surface area contributed by atoms with Gasteiger partial charge < -0.3 is 15.1 Å². The molecule has 0 aromatic rings. The van der Waals surface area contributed by atoms with E-state index in [1.807, 2.05) is 4.90 Å². The topological polar surface area (TPSA) is 35.6 Å². The SMILES string of the molecule is CC1CC(NCC(=O)N2CCCCC2)CN1C. The highest BCUT2D eigenvalue weighted by molar-refractivity contribution is 5.78. The number of hydrogen-bond donors (Lipinski definition) is 1. The van der Waals surface area contributed by atoms with E-state index in [4.69, 9.17) is 0 Å².